The number of esters is 1. The number of methoxy groups -OCH3 is 1. The number of allylic oxidation sites excluding steroid dienone is 1. The second kappa shape index (κ2) is 5.17. The van der Waals surface area contributed by atoms with E-state index in [1.807, 2.05) is 6.92 Å². The van der Waals surface area contributed by atoms with E-state index in [2.05, 4.69) is 4.74 Å². The molecule has 0 aliphatic heterocycles. The third-order valence-electron chi connectivity index (χ3n) is 1.33. The van der Waals surface area contributed by atoms with Crippen LogP contribution in [0.1, 0.15) is 19.8 Å². The van der Waals surface area contributed by atoms with E-state index in [1.165, 1.54) is 6.08 Å². The van der Waals surface area contributed by atoms with Crippen molar-refractivity contribution in [2.45, 2.75) is 19.8 Å². The van der Waals surface area contributed by atoms with Gasteiger partial charge in [-0.3, -0.25) is 4.57 Å². The van der Waals surface area contributed by atoms with Gasteiger partial charge >= 0.3 is 13.6 Å². The van der Waals surface area contributed by atoms with Crippen LogP contribution in [0.3, 0.4) is 0 Å². The van der Waals surface area contributed by atoms with E-state index in [0.29, 0.717) is 12.8 Å². The molecule has 0 saturated carbocycles. The zero-order chi connectivity index (χ0) is 10.5. The molecule has 0 saturated heterocycles. The van der Waals surface area contributed by atoms with E-state index in [1.54, 1.807) is 0 Å². The van der Waals surface area contributed by atoms with Gasteiger partial charge in [0.2, 0.25) is 0 Å². The highest BCUT2D eigenvalue weighted by molar-refractivity contribution is 7.58. The summed E-state index contributed by atoms with van der Waals surface area (Å²) >= 11 is 0. The zero-order valence-electron chi connectivity index (χ0n) is 7.56. The van der Waals surface area contributed by atoms with Crippen LogP contribution >= 0.6 is 7.60 Å². The molecule has 0 fully saturated rings. The minimum Gasteiger partial charge on any atom is -0.465 e. The predicted octanol–water partition coefficient (Wildman–Crippen LogP) is 1.02. The van der Waals surface area contributed by atoms with Gasteiger partial charge in [0.25, 0.3) is 0 Å². The second-order valence-corrected chi connectivity index (χ2v) is 3.98. The molecule has 0 aromatic heterocycles. The summed E-state index contributed by atoms with van der Waals surface area (Å²) in [5.74, 6) is -0.971. The van der Waals surface area contributed by atoms with Gasteiger partial charge in [0.05, 0.1) is 7.11 Å². The van der Waals surface area contributed by atoms with Gasteiger partial charge in [0, 0.05) is 0 Å². The van der Waals surface area contributed by atoms with Crippen molar-refractivity contribution < 1.29 is 23.9 Å². The van der Waals surface area contributed by atoms with Crippen LogP contribution in [0.2, 0.25) is 0 Å². The van der Waals surface area contributed by atoms with Crippen molar-refractivity contribution in [2.24, 2.45) is 0 Å². The molecule has 6 heteroatoms. The highest BCUT2D eigenvalue weighted by Crippen LogP contribution is 2.45. The predicted molar refractivity (Wildman–Crippen MR) is 47.1 cm³/mol. The lowest BCUT2D eigenvalue weighted by atomic mass is 10.3. The number of ether oxygens (including phenoxy) is 1. The number of hydrogen-bond donors (Lipinski definition) is 2. The first-order valence-corrected chi connectivity index (χ1v) is 5.39. The van der Waals surface area contributed by atoms with Crippen molar-refractivity contribution in [1.82, 2.24) is 0 Å². The van der Waals surface area contributed by atoms with Crippen molar-refractivity contribution >= 4 is 13.6 Å². The summed E-state index contributed by atoms with van der Waals surface area (Å²) < 4.78 is 15.0. The Balaban J connectivity index is 4.77. The van der Waals surface area contributed by atoms with Gasteiger partial charge < -0.3 is 14.5 Å². The lowest BCUT2D eigenvalue weighted by Crippen LogP contribution is -2.05. The molecule has 0 rings (SSSR count). The second-order valence-electron chi connectivity index (χ2n) is 2.41. The third kappa shape index (κ3) is 4.22. The fourth-order valence-corrected chi connectivity index (χ4v) is 1.40. The minimum absolute atomic E-state index is 0.440. The Morgan fingerprint density at radius 1 is 1.54 bits per heavy atom. The fraction of sp³-hybridized carbons (Fsp3) is 0.571. The zero-order valence-corrected chi connectivity index (χ0v) is 8.45. The molecule has 0 bridgehead atoms. The Bertz CT molecular complexity index is 252. The molecular weight excluding hydrogens is 195 g/mol. The first-order chi connectivity index (χ1) is 5.93. The Morgan fingerprint density at radius 2 is 2.08 bits per heavy atom. The Hall–Kier alpha value is -0.640. The third-order valence-corrected chi connectivity index (χ3v) is 2.33. The average Bonchev–Trinajstić information content (AvgIpc) is 2.02. The van der Waals surface area contributed by atoms with Crippen molar-refractivity contribution in [3.63, 3.8) is 0 Å². The number of hydrogen-bond acceptors (Lipinski definition) is 3. The lowest BCUT2D eigenvalue weighted by molar-refractivity contribution is -0.135. The van der Waals surface area contributed by atoms with Gasteiger partial charge in [0.1, 0.15) is 5.31 Å². The van der Waals surface area contributed by atoms with E-state index < -0.39 is 18.9 Å². The van der Waals surface area contributed by atoms with Crippen LogP contribution in [-0.2, 0) is 14.1 Å². The van der Waals surface area contributed by atoms with Gasteiger partial charge in [0.15, 0.2) is 0 Å². The first-order valence-electron chi connectivity index (χ1n) is 3.78. The average molecular weight is 208 g/mol. The number of carbonyl (C=O) groups excluding carboxylic acids is 1. The van der Waals surface area contributed by atoms with Gasteiger partial charge in [-0.05, 0) is 6.42 Å². The Kier molecular flexibility index (Phi) is 4.91. The van der Waals surface area contributed by atoms with E-state index in [-0.39, 0.29) is 0 Å². The molecule has 2 N–H and O–H groups in total. The summed E-state index contributed by atoms with van der Waals surface area (Å²) in [6.07, 6.45) is 2.36. The van der Waals surface area contributed by atoms with Gasteiger partial charge in [-0.1, -0.05) is 19.4 Å². The van der Waals surface area contributed by atoms with Gasteiger partial charge in [-0.2, -0.15) is 0 Å². The Labute approximate surface area is 76.6 Å². The highest BCUT2D eigenvalue weighted by atomic mass is 31.2. The van der Waals surface area contributed by atoms with Gasteiger partial charge in [-0.25, -0.2) is 4.79 Å². The first kappa shape index (κ1) is 12.4. The molecular formula is C7H13O5P. The summed E-state index contributed by atoms with van der Waals surface area (Å²) in [6, 6.07) is 0. The molecule has 13 heavy (non-hydrogen) atoms. The highest BCUT2D eigenvalue weighted by Gasteiger charge is 2.28. The normalized spacial score (nSPS) is 12.8. The largest absolute Gasteiger partial charge is 0.465 e. The molecule has 5 nitrogen and oxygen atoms in total. The van der Waals surface area contributed by atoms with Crippen LogP contribution in [0.15, 0.2) is 11.4 Å². The molecule has 0 aliphatic carbocycles. The maximum absolute atomic E-state index is 10.9. The molecule has 0 heterocycles. The van der Waals surface area contributed by atoms with Crippen LogP contribution in [0.4, 0.5) is 0 Å². The topological polar surface area (TPSA) is 83.8 Å². The van der Waals surface area contributed by atoms with E-state index >= 15 is 0 Å². The number of unbranched alkanes of at least 4 members (excludes halogenated alkanes) is 1. The molecule has 0 amide bonds. The van der Waals surface area contributed by atoms with Crippen molar-refractivity contribution in [3.05, 3.63) is 11.4 Å². The molecule has 0 atom stereocenters. The Morgan fingerprint density at radius 3 is 2.38 bits per heavy atom. The summed E-state index contributed by atoms with van der Waals surface area (Å²) in [6.45, 7) is 1.84. The SMILES string of the molecule is CCCC=C(C(=O)OC)P(=O)(O)O. The van der Waals surface area contributed by atoms with Crippen LogP contribution in [-0.4, -0.2) is 22.9 Å². The number of rotatable bonds is 4. The van der Waals surface area contributed by atoms with Crippen LogP contribution < -0.4 is 0 Å². The monoisotopic (exact) mass is 208 g/mol. The number of carbonyl (C=O) groups is 1. The van der Waals surface area contributed by atoms with E-state index in [0.717, 1.165) is 7.11 Å². The maximum Gasteiger partial charge on any atom is 0.363 e. The quantitative estimate of drug-likeness (QED) is 0.409. The minimum atomic E-state index is -4.49. The van der Waals surface area contributed by atoms with Crippen molar-refractivity contribution in [1.29, 1.82) is 0 Å². The molecule has 0 aromatic rings. The van der Waals surface area contributed by atoms with E-state index in [9.17, 15) is 9.36 Å². The van der Waals surface area contributed by atoms with Crippen molar-refractivity contribution in [2.75, 3.05) is 7.11 Å². The van der Waals surface area contributed by atoms with E-state index in [4.69, 9.17) is 9.79 Å². The molecule has 0 radical (unpaired) electrons. The molecule has 0 spiro atoms. The molecule has 0 aliphatic rings. The standard InChI is InChI=1S/C7H13O5P/c1-3-4-5-6(7(8)12-2)13(9,10)11/h5H,3-4H2,1-2H3,(H2,9,10,11). The molecule has 0 aromatic carbocycles. The lowest BCUT2D eigenvalue weighted by Gasteiger charge is -2.06. The summed E-state index contributed by atoms with van der Waals surface area (Å²) in [4.78, 5) is 28.4. The molecule has 0 unspecified atom stereocenters. The van der Waals surface area contributed by atoms with Crippen molar-refractivity contribution in [3.8, 4) is 0 Å². The fourth-order valence-electron chi connectivity index (χ4n) is 0.707. The summed E-state index contributed by atoms with van der Waals surface area (Å²) in [7, 11) is -3.41. The summed E-state index contributed by atoms with van der Waals surface area (Å²) in [5, 5.41) is -0.558. The van der Waals surface area contributed by atoms with Crippen LogP contribution in [0.5, 0.6) is 0 Å². The van der Waals surface area contributed by atoms with Gasteiger partial charge in [-0.15, -0.1) is 0 Å². The summed E-state index contributed by atoms with van der Waals surface area (Å²) in [5.41, 5.74) is 0. The maximum atomic E-state index is 10.9. The van der Waals surface area contributed by atoms with Crippen LogP contribution in [0.25, 0.3) is 0 Å². The smallest absolute Gasteiger partial charge is 0.363 e. The molecule has 76 valence electrons. The van der Waals surface area contributed by atoms with Crippen LogP contribution in [0, 0.1) is 0 Å².